The molecule has 1 aliphatic rings. The summed E-state index contributed by atoms with van der Waals surface area (Å²) >= 11 is 0. The first-order chi connectivity index (χ1) is 12.6. The number of hydrogen-bond acceptors (Lipinski definition) is 7. The molecule has 0 aromatic carbocycles. The smallest absolute Gasteiger partial charge is 0.410 e. The fourth-order valence-electron chi connectivity index (χ4n) is 2.26. The molecular formula is C18H26N2O8. The minimum atomic E-state index is -1.69. The lowest BCUT2D eigenvalue weighted by molar-refractivity contribution is -0.158. The molecule has 0 radical (unpaired) electrons. The lowest BCUT2D eigenvalue weighted by Crippen LogP contribution is -2.54. The average molecular weight is 398 g/mol. The van der Waals surface area contributed by atoms with Crippen molar-refractivity contribution in [1.29, 1.82) is 0 Å². The fraction of sp³-hybridized carbons (Fsp3) is 0.611. The van der Waals surface area contributed by atoms with Crippen molar-refractivity contribution in [3.63, 3.8) is 0 Å². The number of carboxylic acid groups (broad SMARTS) is 1. The maximum atomic E-state index is 12.5. The third kappa shape index (κ3) is 7.01. The summed E-state index contributed by atoms with van der Waals surface area (Å²) in [4.78, 5) is 61.3. The van der Waals surface area contributed by atoms with Crippen LogP contribution in [-0.4, -0.2) is 75.1 Å². The lowest BCUT2D eigenvalue weighted by atomic mass is 10.2. The highest BCUT2D eigenvalue weighted by molar-refractivity contribution is 6.14. The Morgan fingerprint density at radius 2 is 1.46 bits per heavy atom. The number of hydrogen-bond donors (Lipinski definition) is 1. The normalized spacial score (nSPS) is 15.4. The lowest BCUT2D eigenvalue weighted by Gasteiger charge is -2.31. The highest BCUT2D eigenvalue weighted by atomic mass is 16.6. The van der Waals surface area contributed by atoms with Crippen molar-refractivity contribution in [3.8, 4) is 0 Å². The van der Waals surface area contributed by atoms with E-state index in [2.05, 4.69) is 0 Å². The molecule has 10 heteroatoms. The van der Waals surface area contributed by atoms with Gasteiger partial charge in [0.1, 0.15) is 17.7 Å². The van der Waals surface area contributed by atoms with Crippen molar-refractivity contribution in [2.45, 2.75) is 58.8 Å². The summed E-state index contributed by atoms with van der Waals surface area (Å²) in [5, 5.41) is 9.48. The minimum Gasteiger partial charge on any atom is -0.480 e. The zero-order chi connectivity index (χ0) is 21.9. The van der Waals surface area contributed by atoms with Gasteiger partial charge in [0.05, 0.1) is 6.54 Å². The van der Waals surface area contributed by atoms with E-state index in [1.807, 2.05) is 0 Å². The molecule has 0 aromatic heterocycles. The molecular weight excluding hydrogens is 372 g/mol. The number of carbonyl (C=O) groups excluding carboxylic acids is 4. The van der Waals surface area contributed by atoms with Crippen molar-refractivity contribution in [3.05, 3.63) is 12.2 Å². The molecule has 0 saturated carbocycles. The van der Waals surface area contributed by atoms with Gasteiger partial charge in [0.25, 0.3) is 11.8 Å². The van der Waals surface area contributed by atoms with E-state index < -0.39 is 60.2 Å². The summed E-state index contributed by atoms with van der Waals surface area (Å²) < 4.78 is 10.4. The molecule has 156 valence electrons. The van der Waals surface area contributed by atoms with Crippen LogP contribution in [0.4, 0.5) is 4.79 Å². The van der Waals surface area contributed by atoms with Crippen molar-refractivity contribution in [1.82, 2.24) is 9.80 Å². The maximum Gasteiger partial charge on any atom is 0.410 e. The summed E-state index contributed by atoms with van der Waals surface area (Å²) in [7, 11) is 0. The Hall–Kier alpha value is -2.91. The third-order valence-electron chi connectivity index (χ3n) is 3.23. The van der Waals surface area contributed by atoms with Crippen LogP contribution in [-0.2, 0) is 28.7 Å². The quantitative estimate of drug-likeness (QED) is 0.517. The Kier molecular flexibility index (Phi) is 6.94. The van der Waals surface area contributed by atoms with Gasteiger partial charge in [-0.05, 0) is 41.5 Å². The molecule has 10 nitrogen and oxygen atoms in total. The number of rotatable bonds is 6. The van der Waals surface area contributed by atoms with Gasteiger partial charge in [0.15, 0.2) is 6.04 Å². The number of nitrogens with zero attached hydrogens (tertiary/aromatic N) is 2. The molecule has 0 aromatic rings. The molecule has 1 atom stereocenters. The first-order valence-corrected chi connectivity index (χ1v) is 8.58. The van der Waals surface area contributed by atoms with Gasteiger partial charge in [0.2, 0.25) is 0 Å². The highest BCUT2D eigenvalue weighted by Gasteiger charge is 2.39. The van der Waals surface area contributed by atoms with Crippen molar-refractivity contribution in [2.75, 3.05) is 13.1 Å². The van der Waals surface area contributed by atoms with Gasteiger partial charge in [0, 0.05) is 12.2 Å². The maximum absolute atomic E-state index is 12.5. The largest absolute Gasteiger partial charge is 0.480 e. The van der Waals surface area contributed by atoms with Gasteiger partial charge in [-0.2, -0.15) is 0 Å². The molecule has 0 aliphatic carbocycles. The van der Waals surface area contributed by atoms with Crippen LogP contribution in [0.25, 0.3) is 0 Å². The molecule has 1 N–H and O–H groups in total. The highest BCUT2D eigenvalue weighted by Crippen LogP contribution is 2.16. The standard InChI is InChI=1S/C18H26N2O8/c1-17(2,3)27-14(23)10-19(16(26)28-18(4,5)6)9-11(15(24)25)20-12(21)7-8-13(20)22/h7-8,11H,9-10H2,1-6H3,(H,24,25)/t11-/m0/s1. The molecule has 1 rings (SSSR count). The number of amides is 3. The minimum absolute atomic E-state index is 0.509. The van der Waals surface area contributed by atoms with E-state index in [1.165, 1.54) is 0 Å². The van der Waals surface area contributed by atoms with E-state index in [4.69, 9.17) is 9.47 Å². The molecule has 0 spiro atoms. The van der Waals surface area contributed by atoms with Crippen LogP contribution >= 0.6 is 0 Å². The number of carbonyl (C=O) groups is 5. The van der Waals surface area contributed by atoms with E-state index in [0.717, 1.165) is 17.1 Å². The first-order valence-electron chi connectivity index (χ1n) is 8.58. The Balaban J connectivity index is 3.09. The Bertz CT molecular complexity index is 681. The molecule has 1 heterocycles. The van der Waals surface area contributed by atoms with Crippen molar-refractivity contribution >= 4 is 29.8 Å². The number of carboxylic acids is 1. The van der Waals surface area contributed by atoms with E-state index in [-0.39, 0.29) is 0 Å². The Labute approximate surface area is 163 Å². The fourth-order valence-corrected chi connectivity index (χ4v) is 2.26. The van der Waals surface area contributed by atoms with Crippen LogP contribution in [0.15, 0.2) is 12.2 Å². The van der Waals surface area contributed by atoms with Gasteiger partial charge in [-0.15, -0.1) is 0 Å². The van der Waals surface area contributed by atoms with Gasteiger partial charge >= 0.3 is 18.0 Å². The molecule has 0 bridgehead atoms. The first kappa shape index (κ1) is 23.1. The summed E-state index contributed by atoms with van der Waals surface area (Å²) in [6.07, 6.45) is 0.894. The number of ether oxygens (including phenoxy) is 2. The van der Waals surface area contributed by atoms with Gasteiger partial charge in [-0.25, -0.2) is 9.59 Å². The Morgan fingerprint density at radius 1 is 1.00 bits per heavy atom. The van der Waals surface area contributed by atoms with Crippen LogP contribution < -0.4 is 0 Å². The number of imide groups is 1. The third-order valence-corrected chi connectivity index (χ3v) is 3.23. The second-order valence-corrected chi connectivity index (χ2v) is 8.18. The van der Waals surface area contributed by atoms with Gasteiger partial charge in [-0.1, -0.05) is 0 Å². The number of aliphatic carboxylic acids is 1. The van der Waals surface area contributed by atoms with Crippen LogP contribution in [0.2, 0.25) is 0 Å². The zero-order valence-electron chi connectivity index (χ0n) is 16.8. The van der Waals surface area contributed by atoms with Crippen LogP contribution in [0.1, 0.15) is 41.5 Å². The zero-order valence-corrected chi connectivity index (χ0v) is 16.8. The average Bonchev–Trinajstić information content (AvgIpc) is 2.78. The Morgan fingerprint density at radius 3 is 1.86 bits per heavy atom. The van der Waals surface area contributed by atoms with E-state index in [0.29, 0.717) is 4.90 Å². The van der Waals surface area contributed by atoms with Crippen LogP contribution in [0.3, 0.4) is 0 Å². The van der Waals surface area contributed by atoms with Gasteiger partial charge in [-0.3, -0.25) is 24.2 Å². The predicted molar refractivity (Wildman–Crippen MR) is 96.1 cm³/mol. The van der Waals surface area contributed by atoms with Crippen molar-refractivity contribution < 1.29 is 38.6 Å². The van der Waals surface area contributed by atoms with E-state index in [1.54, 1.807) is 41.5 Å². The summed E-state index contributed by atoms with van der Waals surface area (Å²) in [5.41, 5.74) is -1.74. The monoisotopic (exact) mass is 398 g/mol. The summed E-state index contributed by atoms with van der Waals surface area (Å²) in [6.45, 7) is 8.46. The molecule has 1 aliphatic heterocycles. The molecule has 3 amide bonds. The SMILES string of the molecule is CC(C)(C)OC(=O)CN(C[C@@H](C(=O)O)N1C(=O)C=CC1=O)C(=O)OC(C)(C)C. The van der Waals surface area contributed by atoms with Crippen LogP contribution in [0.5, 0.6) is 0 Å². The topological polar surface area (TPSA) is 131 Å². The van der Waals surface area contributed by atoms with Crippen molar-refractivity contribution in [2.24, 2.45) is 0 Å². The molecule has 0 unspecified atom stereocenters. The van der Waals surface area contributed by atoms with E-state index in [9.17, 15) is 29.1 Å². The second-order valence-electron chi connectivity index (χ2n) is 8.18. The molecule has 28 heavy (non-hydrogen) atoms. The van der Waals surface area contributed by atoms with Crippen LogP contribution in [0, 0.1) is 0 Å². The summed E-state index contributed by atoms with van der Waals surface area (Å²) in [6, 6.07) is -1.69. The van der Waals surface area contributed by atoms with E-state index >= 15 is 0 Å². The number of esters is 1. The molecule has 0 saturated heterocycles. The predicted octanol–water partition coefficient (Wildman–Crippen LogP) is 0.943. The second kappa shape index (κ2) is 8.41. The summed E-state index contributed by atoms with van der Waals surface area (Å²) in [5.74, 6) is -3.94. The molecule has 0 fully saturated rings. The van der Waals surface area contributed by atoms with Gasteiger partial charge < -0.3 is 14.6 Å².